The van der Waals surface area contributed by atoms with E-state index in [0.717, 1.165) is 18.6 Å². The number of nitrogens with zero attached hydrogens (tertiary/aromatic N) is 1. The highest BCUT2D eigenvalue weighted by Crippen LogP contribution is 2.17. The molecule has 0 bridgehead atoms. The number of aryl methyl sites for hydroxylation is 1. The van der Waals surface area contributed by atoms with Crippen molar-refractivity contribution in [2.24, 2.45) is 11.7 Å². The molecular formula is C18H27N3O3. The summed E-state index contributed by atoms with van der Waals surface area (Å²) in [5.41, 5.74) is 6.54. The normalized spacial score (nSPS) is 16.5. The number of carbonyl (C=O) groups excluding carboxylic acids is 2. The van der Waals surface area contributed by atoms with Gasteiger partial charge in [0.25, 0.3) is 0 Å². The van der Waals surface area contributed by atoms with Gasteiger partial charge in [-0.3, -0.25) is 4.79 Å². The molecule has 132 valence electrons. The van der Waals surface area contributed by atoms with Crippen LogP contribution >= 0.6 is 0 Å². The van der Waals surface area contributed by atoms with Gasteiger partial charge < -0.3 is 20.7 Å². The van der Waals surface area contributed by atoms with Crippen LogP contribution in [0.5, 0.6) is 5.75 Å². The van der Waals surface area contributed by atoms with Crippen molar-refractivity contribution in [3.05, 3.63) is 29.8 Å². The largest absolute Gasteiger partial charge is 0.497 e. The number of methoxy groups -OCH3 is 1. The molecule has 1 aliphatic rings. The molecule has 0 unspecified atom stereocenters. The summed E-state index contributed by atoms with van der Waals surface area (Å²) in [6, 6.07) is 8.01. The van der Waals surface area contributed by atoms with E-state index < -0.39 is 0 Å². The highest BCUT2D eigenvalue weighted by molar-refractivity contribution is 5.78. The number of likely N-dealkylation sites (tertiary alicyclic amines) is 1. The van der Waals surface area contributed by atoms with Crippen LogP contribution < -0.4 is 15.8 Å². The van der Waals surface area contributed by atoms with Crippen molar-refractivity contribution in [3.8, 4) is 5.75 Å². The van der Waals surface area contributed by atoms with Crippen LogP contribution in [0.2, 0.25) is 0 Å². The topological polar surface area (TPSA) is 84.7 Å². The molecule has 1 aromatic carbocycles. The lowest BCUT2D eigenvalue weighted by Gasteiger charge is -2.31. The Morgan fingerprint density at radius 3 is 2.46 bits per heavy atom. The Kier molecular flexibility index (Phi) is 6.46. The second-order valence-corrected chi connectivity index (χ2v) is 6.40. The molecule has 0 aromatic heterocycles. The number of ether oxygens (including phenoxy) is 1. The van der Waals surface area contributed by atoms with Gasteiger partial charge in [-0.25, -0.2) is 4.79 Å². The summed E-state index contributed by atoms with van der Waals surface area (Å²) >= 11 is 0. The number of urea groups is 1. The zero-order valence-electron chi connectivity index (χ0n) is 14.5. The van der Waals surface area contributed by atoms with Gasteiger partial charge in [0, 0.05) is 25.0 Å². The summed E-state index contributed by atoms with van der Waals surface area (Å²) in [7, 11) is 1.65. The van der Waals surface area contributed by atoms with E-state index >= 15 is 0 Å². The minimum Gasteiger partial charge on any atom is -0.497 e. The van der Waals surface area contributed by atoms with Gasteiger partial charge >= 0.3 is 6.03 Å². The van der Waals surface area contributed by atoms with E-state index in [4.69, 9.17) is 10.5 Å². The van der Waals surface area contributed by atoms with E-state index in [1.807, 2.05) is 31.2 Å². The van der Waals surface area contributed by atoms with E-state index in [-0.39, 0.29) is 23.9 Å². The molecule has 2 rings (SSSR count). The molecule has 1 fully saturated rings. The number of nitrogens with one attached hydrogen (secondary N) is 1. The highest BCUT2D eigenvalue weighted by Gasteiger charge is 2.26. The van der Waals surface area contributed by atoms with Crippen LogP contribution in [0.15, 0.2) is 24.3 Å². The number of piperidine rings is 1. The Morgan fingerprint density at radius 2 is 1.92 bits per heavy atom. The lowest BCUT2D eigenvalue weighted by Crippen LogP contribution is -2.48. The summed E-state index contributed by atoms with van der Waals surface area (Å²) < 4.78 is 5.15. The van der Waals surface area contributed by atoms with Crippen LogP contribution in [0.25, 0.3) is 0 Å². The van der Waals surface area contributed by atoms with Crippen LogP contribution in [0.3, 0.4) is 0 Å². The third-order valence-electron chi connectivity index (χ3n) is 4.58. The van der Waals surface area contributed by atoms with E-state index in [9.17, 15) is 9.59 Å². The first-order valence-electron chi connectivity index (χ1n) is 8.47. The number of hydrogen-bond acceptors (Lipinski definition) is 3. The number of amides is 3. The monoisotopic (exact) mass is 333 g/mol. The summed E-state index contributed by atoms with van der Waals surface area (Å²) in [6.07, 6.45) is 3.08. The molecule has 1 saturated heterocycles. The summed E-state index contributed by atoms with van der Waals surface area (Å²) in [5, 5.41) is 3.03. The molecule has 6 heteroatoms. The molecule has 24 heavy (non-hydrogen) atoms. The number of nitrogens with two attached hydrogens (primary N) is 1. The highest BCUT2D eigenvalue weighted by atomic mass is 16.5. The first kappa shape index (κ1) is 18.1. The Bertz CT molecular complexity index is 551. The molecule has 1 atom stereocenters. The molecule has 0 spiro atoms. The van der Waals surface area contributed by atoms with Crippen molar-refractivity contribution >= 4 is 11.9 Å². The number of primary amides is 1. The maximum atomic E-state index is 12.3. The van der Waals surface area contributed by atoms with Crippen molar-refractivity contribution in [2.45, 2.75) is 38.6 Å². The van der Waals surface area contributed by atoms with Gasteiger partial charge in [-0.2, -0.15) is 0 Å². The Hall–Kier alpha value is -2.24. The molecule has 0 radical (unpaired) electrons. The van der Waals surface area contributed by atoms with Crippen LogP contribution in [0.4, 0.5) is 4.79 Å². The lowest BCUT2D eigenvalue weighted by atomic mass is 9.96. The molecule has 1 heterocycles. The molecule has 1 aliphatic heterocycles. The number of carbonyl (C=O) groups is 2. The molecule has 3 N–H and O–H groups in total. The molecule has 0 aliphatic carbocycles. The molecular weight excluding hydrogens is 306 g/mol. The Labute approximate surface area is 143 Å². The van der Waals surface area contributed by atoms with E-state index in [2.05, 4.69) is 5.32 Å². The Morgan fingerprint density at radius 1 is 1.29 bits per heavy atom. The minimum absolute atomic E-state index is 0.0554. The fraction of sp³-hybridized carbons (Fsp3) is 0.556. The fourth-order valence-electron chi connectivity index (χ4n) is 2.92. The third kappa shape index (κ3) is 5.15. The maximum absolute atomic E-state index is 12.3. The van der Waals surface area contributed by atoms with Crippen LogP contribution in [-0.4, -0.2) is 43.1 Å². The SMILES string of the molecule is COc1ccc(CC[C@H](C)NC(=O)N2CCC(C(N)=O)CC2)cc1. The van der Waals surface area contributed by atoms with Crippen molar-refractivity contribution in [1.29, 1.82) is 0 Å². The second kappa shape index (κ2) is 8.57. The molecule has 6 nitrogen and oxygen atoms in total. The van der Waals surface area contributed by atoms with Crippen LogP contribution in [0.1, 0.15) is 31.7 Å². The van der Waals surface area contributed by atoms with E-state index in [1.165, 1.54) is 5.56 Å². The van der Waals surface area contributed by atoms with Crippen molar-refractivity contribution in [3.63, 3.8) is 0 Å². The third-order valence-corrected chi connectivity index (χ3v) is 4.58. The predicted molar refractivity (Wildman–Crippen MR) is 92.8 cm³/mol. The van der Waals surface area contributed by atoms with Gasteiger partial charge in [0.2, 0.25) is 5.91 Å². The number of rotatable bonds is 6. The fourth-order valence-corrected chi connectivity index (χ4v) is 2.92. The van der Waals surface area contributed by atoms with Crippen molar-refractivity contribution < 1.29 is 14.3 Å². The van der Waals surface area contributed by atoms with E-state index in [1.54, 1.807) is 12.0 Å². The standard InChI is InChI=1S/C18H27N3O3/c1-13(3-4-14-5-7-16(24-2)8-6-14)20-18(23)21-11-9-15(10-12-21)17(19)22/h5-8,13,15H,3-4,9-12H2,1-2H3,(H2,19,22)(H,20,23)/t13-/m0/s1. The number of hydrogen-bond donors (Lipinski definition) is 2. The molecule has 0 saturated carbocycles. The number of benzene rings is 1. The Balaban J connectivity index is 1.72. The molecule has 3 amide bonds. The lowest BCUT2D eigenvalue weighted by molar-refractivity contribution is -0.123. The zero-order valence-corrected chi connectivity index (χ0v) is 14.5. The van der Waals surface area contributed by atoms with Crippen LogP contribution in [-0.2, 0) is 11.2 Å². The average Bonchev–Trinajstić information content (AvgIpc) is 2.60. The maximum Gasteiger partial charge on any atom is 0.317 e. The average molecular weight is 333 g/mol. The van der Waals surface area contributed by atoms with Gasteiger partial charge in [-0.05, 0) is 50.3 Å². The van der Waals surface area contributed by atoms with Gasteiger partial charge in [0.15, 0.2) is 0 Å². The summed E-state index contributed by atoms with van der Waals surface area (Å²) in [6.45, 7) is 3.19. The van der Waals surface area contributed by atoms with Gasteiger partial charge in [-0.15, -0.1) is 0 Å². The van der Waals surface area contributed by atoms with Gasteiger partial charge in [0.05, 0.1) is 7.11 Å². The second-order valence-electron chi connectivity index (χ2n) is 6.40. The quantitative estimate of drug-likeness (QED) is 0.834. The first-order chi connectivity index (χ1) is 11.5. The summed E-state index contributed by atoms with van der Waals surface area (Å²) in [4.78, 5) is 25.2. The smallest absolute Gasteiger partial charge is 0.317 e. The van der Waals surface area contributed by atoms with Gasteiger partial charge in [-0.1, -0.05) is 12.1 Å². The first-order valence-corrected chi connectivity index (χ1v) is 8.47. The van der Waals surface area contributed by atoms with Crippen molar-refractivity contribution in [1.82, 2.24) is 10.2 Å². The van der Waals surface area contributed by atoms with Crippen molar-refractivity contribution in [2.75, 3.05) is 20.2 Å². The molecule has 1 aromatic rings. The minimum atomic E-state index is -0.261. The van der Waals surface area contributed by atoms with Crippen LogP contribution in [0, 0.1) is 5.92 Å². The predicted octanol–water partition coefficient (Wildman–Crippen LogP) is 1.92. The van der Waals surface area contributed by atoms with E-state index in [0.29, 0.717) is 25.9 Å². The summed E-state index contributed by atoms with van der Waals surface area (Å²) in [5.74, 6) is 0.490. The van der Waals surface area contributed by atoms with Gasteiger partial charge in [0.1, 0.15) is 5.75 Å². The zero-order chi connectivity index (χ0) is 17.5.